The number of carbonyl (C=O) groups is 1. The summed E-state index contributed by atoms with van der Waals surface area (Å²) in [4.78, 5) is 12.4. The number of allylic oxidation sites excluding steroid dienone is 1. The summed E-state index contributed by atoms with van der Waals surface area (Å²) < 4.78 is 7.48. The number of hydrogen-bond donors (Lipinski definition) is 2. The van der Waals surface area contributed by atoms with Crippen molar-refractivity contribution in [3.63, 3.8) is 0 Å². The van der Waals surface area contributed by atoms with Crippen molar-refractivity contribution in [2.45, 2.75) is 51.0 Å². The average Bonchev–Trinajstić information content (AvgIpc) is 3.18. The standard InChI is InChI=1S/C17H26N4O3/c1-3-15-13(5-4-6-24-15)17(23)18-9-12-7-11(8-14(12)22)16-20-19-10-21(16)2/h10-12,14,22H,3-9H2,1-2H3,(H,18,23)/t11-,12+,14+/m0/s1. The number of hydrogen-bond acceptors (Lipinski definition) is 5. The maximum absolute atomic E-state index is 12.4. The van der Waals surface area contributed by atoms with Gasteiger partial charge in [0.15, 0.2) is 0 Å². The van der Waals surface area contributed by atoms with E-state index in [0.717, 1.165) is 42.8 Å². The minimum atomic E-state index is -0.422. The third-order valence-electron chi connectivity index (χ3n) is 5.07. The van der Waals surface area contributed by atoms with Gasteiger partial charge in [0, 0.05) is 31.8 Å². The SMILES string of the molecule is CCC1=C(C(=O)NC[C@H]2C[C@H](c3nncn3C)C[C@H]2O)CCCO1. The number of nitrogens with zero attached hydrogens (tertiary/aromatic N) is 3. The summed E-state index contributed by atoms with van der Waals surface area (Å²) in [6, 6.07) is 0. The van der Waals surface area contributed by atoms with E-state index < -0.39 is 6.10 Å². The second-order valence-electron chi connectivity index (χ2n) is 6.71. The van der Waals surface area contributed by atoms with E-state index >= 15 is 0 Å². The Morgan fingerprint density at radius 1 is 1.50 bits per heavy atom. The van der Waals surface area contributed by atoms with E-state index in [1.807, 2.05) is 18.5 Å². The van der Waals surface area contributed by atoms with Gasteiger partial charge in [-0.3, -0.25) is 4.79 Å². The summed E-state index contributed by atoms with van der Waals surface area (Å²) in [5.41, 5.74) is 0.765. The summed E-state index contributed by atoms with van der Waals surface area (Å²) in [5.74, 6) is 1.90. The molecule has 0 bridgehead atoms. The first-order valence-corrected chi connectivity index (χ1v) is 8.75. The van der Waals surface area contributed by atoms with Crippen LogP contribution in [-0.2, 0) is 16.6 Å². The average molecular weight is 334 g/mol. The zero-order valence-corrected chi connectivity index (χ0v) is 14.4. The quantitative estimate of drug-likeness (QED) is 0.846. The molecule has 1 amide bonds. The van der Waals surface area contributed by atoms with Crippen molar-refractivity contribution in [3.05, 3.63) is 23.5 Å². The number of aliphatic hydroxyl groups is 1. The van der Waals surface area contributed by atoms with E-state index in [-0.39, 0.29) is 17.7 Å². The molecule has 0 unspecified atom stereocenters. The molecule has 3 atom stereocenters. The Kier molecular flexibility index (Phi) is 5.18. The van der Waals surface area contributed by atoms with Crippen LogP contribution < -0.4 is 5.32 Å². The maximum atomic E-state index is 12.4. The number of aryl methyl sites for hydroxylation is 1. The van der Waals surface area contributed by atoms with Gasteiger partial charge < -0.3 is 19.7 Å². The lowest BCUT2D eigenvalue weighted by atomic mass is 10.0. The first kappa shape index (κ1) is 17.0. The molecule has 1 fully saturated rings. The lowest BCUT2D eigenvalue weighted by molar-refractivity contribution is -0.118. The predicted molar refractivity (Wildman–Crippen MR) is 88.0 cm³/mol. The van der Waals surface area contributed by atoms with Gasteiger partial charge in [-0.25, -0.2) is 0 Å². The third kappa shape index (κ3) is 3.45. The van der Waals surface area contributed by atoms with Crippen LogP contribution in [0, 0.1) is 5.92 Å². The first-order chi connectivity index (χ1) is 11.6. The number of carbonyl (C=O) groups excluding carboxylic acids is 1. The molecule has 2 heterocycles. The van der Waals surface area contributed by atoms with Gasteiger partial charge >= 0.3 is 0 Å². The van der Waals surface area contributed by atoms with Crippen molar-refractivity contribution in [2.75, 3.05) is 13.2 Å². The molecule has 1 aromatic rings. The van der Waals surface area contributed by atoms with Crippen LogP contribution in [-0.4, -0.2) is 45.0 Å². The number of aliphatic hydroxyl groups excluding tert-OH is 1. The molecule has 2 aliphatic rings. The molecule has 1 aromatic heterocycles. The van der Waals surface area contributed by atoms with Crippen molar-refractivity contribution in [1.29, 1.82) is 0 Å². The largest absolute Gasteiger partial charge is 0.497 e. The Balaban J connectivity index is 1.58. The lowest BCUT2D eigenvalue weighted by Crippen LogP contribution is -2.34. The van der Waals surface area contributed by atoms with Gasteiger partial charge in [-0.1, -0.05) is 6.92 Å². The Hall–Kier alpha value is -1.89. The van der Waals surface area contributed by atoms with Crippen molar-refractivity contribution in [1.82, 2.24) is 20.1 Å². The van der Waals surface area contributed by atoms with Crippen molar-refractivity contribution in [3.8, 4) is 0 Å². The number of rotatable bonds is 5. The number of amides is 1. The Labute approximate surface area is 142 Å². The highest BCUT2D eigenvalue weighted by atomic mass is 16.5. The second-order valence-corrected chi connectivity index (χ2v) is 6.71. The summed E-state index contributed by atoms with van der Waals surface area (Å²) >= 11 is 0. The molecule has 3 rings (SSSR count). The highest BCUT2D eigenvalue weighted by Crippen LogP contribution is 2.37. The Bertz CT molecular complexity index is 625. The zero-order valence-electron chi connectivity index (χ0n) is 14.4. The third-order valence-corrected chi connectivity index (χ3v) is 5.07. The summed E-state index contributed by atoms with van der Waals surface area (Å²) in [5, 5.41) is 21.4. The number of aromatic nitrogens is 3. The van der Waals surface area contributed by atoms with Crippen LogP contribution in [0.5, 0.6) is 0 Å². The molecule has 0 radical (unpaired) electrons. The summed E-state index contributed by atoms with van der Waals surface area (Å²) in [7, 11) is 1.92. The van der Waals surface area contributed by atoms with Crippen LogP contribution in [0.2, 0.25) is 0 Å². The molecule has 24 heavy (non-hydrogen) atoms. The molecular formula is C17H26N4O3. The molecule has 132 valence electrons. The molecule has 2 N–H and O–H groups in total. The van der Waals surface area contributed by atoms with Crippen molar-refractivity contribution < 1.29 is 14.6 Å². The Morgan fingerprint density at radius 2 is 2.33 bits per heavy atom. The molecule has 0 aromatic carbocycles. The van der Waals surface area contributed by atoms with E-state index in [1.54, 1.807) is 6.33 Å². The number of ether oxygens (including phenoxy) is 1. The van der Waals surface area contributed by atoms with Crippen molar-refractivity contribution >= 4 is 5.91 Å². The monoisotopic (exact) mass is 334 g/mol. The predicted octanol–water partition coefficient (Wildman–Crippen LogP) is 1.26. The fourth-order valence-corrected chi connectivity index (χ4v) is 3.75. The van der Waals surface area contributed by atoms with Gasteiger partial charge in [0.25, 0.3) is 5.91 Å². The van der Waals surface area contributed by atoms with Crippen LogP contribution in [0.1, 0.15) is 50.8 Å². The topological polar surface area (TPSA) is 89.3 Å². The van der Waals surface area contributed by atoms with Gasteiger partial charge in [0.2, 0.25) is 0 Å². The van der Waals surface area contributed by atoms with E-state index in [0.29, 0.717) is 19.6 Å². The summed E-state index contributed by atoms with van der Waals surface area (Å²) in [6.07, 6.45) is 5.12. The first-order valence-electron chi connectivity index (χ1n) is 8.75. The molecule has 1 aliphatic carbocycles. The smallest absolute Gasteiger partial charge is 0.250 e. The molecule has 7 nitrogen and oxygen atoms in total. The minimum absolute atomic E-state index is 0.0471. The minimum Gasteiger partial charge on any atom is -0.497 e. The van der Waals surface area contributed by atoms with Gasteiger partial charge in [-0.15, -0.1) is 10.2 Å². The van der Waals surface area contributed by atoms with Crippen LogP contribution in [0.25, 0.3) is 0 Å². The Morgan fingerprint density at radius 3 is 3.04 bits per heavy atom. The van der Waals surface area contributed by atoms with E-state index in [4.69, 9.17) is 4.74 Å². The molecular weight excluding hydrogens is 308 g/mol. The highest BCUT2D eigenvalue weighted by molar-refractivity contribution is 5.94. The van der Waals surface area contributed by atoms with E-state index in [2.05, 4.69) is 15.5 Å². The van der Waals surface area contributed by atoms with Crippen molar-refractivity contribution in [2.24, 2.45) is 13.0 Å². The van der Waals surface area contributed by atoms with E-state index in [1.165, 1.54) is 0 Å². The van der Waals surface area contributed by atoms with Crippen LogP contribution in [0.4, 0.5) is 0 Å². The second kappa shape index (κ2) is 7.34. The lowest BCUT2D eigenvalue weighted by Gasteiger charge is -2.21. The fourth-order valence-electron chi connectivity index (χ4n) is 3.75. The van der Waals surface area contributed by atoms with Crippen LogP contribution >= 0.6 is 0 Å². The number of nitrogens with one attached hydrogen (secondary N) is 1. The van der Waals surface area contributed by atoms with Gasteiger partial charge in [0.05, 0.1) is 18.3 Å². The normalized spacial score (nSPS) is 27.2. The van der Waals surface area contributed by atoms with Gasteiger partial charge in [0.1, 0.15) is 17.9 Å². The molecule has 1 saturated carbocycles. The molecule has 1 aliphatic heterocycles. The van der Waals surface area contributed by atoms with E-state index in [9.17, 15) is 9.90 Å². The van der Waals surface area contributed by atoms with Crippen LogP contribution in [0.3, 0.4) is 0 Å². The molecule has 0 saturated heterocycles. The fraction of sp³-hybridized carbons (Fsp3) is 0.706. The van der Waals surface area contributed by atoms with Gasteiger partial charge in [-0.2, -0.15) is 0 Å². The summed E-state index contributed by atoms with van der Waals surface area (Å²) in [6.45, 7) is 3.18. The molecule has 7 heteroatoms. The highest BCUT2D eigenvalue weighted by Gasteiger charge is 2.36. The molecule has 0 spiro atoms. The maximum Gasteiger partial charge on any atom is 0.250 e. The van der Waals surface area contributed by atoms with Crippen LogP contribution in [0.15, 0.2) is 17.7 Å². The zero-order chi connectivity index (χ0) is 17.1. The van der Waals surface area contributed by atoms with Gasteiger partial charge in [-0.05, 0) is 25.7 Å².